The third kappa shape index (κ3) is 2.94. The summed E-state index contributed by atoms with van der Waals surface area (Å²) in [6.07, 6.45) is 4.49. The van der Waals surface area contributed by atoms with Crippen LogP contribution in [0.4, 0.5) is 5.82 Å². The second-order valence-electron chi connectivity index (χ2n) is 5.24. The molecule has 0 spiro atoms. The van der Waals surface area contributed by atoms with Gasteiger partial charge in [0.1, 0.15) is 5.82 Å². The van der Waals surface area contributed by atoms with Gasteiger partial charge in [-0.15, -0.1) is 0 Å². The minimum Gasteiger partial charge on any atom is -0.390 e. The van der Waals surface area contributed by atoms with Crippen molar-refractivity contribution < 1.29 is 5.11 Å². The molecule has 1 aromatic heterocycles. The van der Waals surface area contributed by atoms with Crippen LogP contribution < -0.4 is 4.90 Å². The molecule has 1 atom stereocenters. The molecule has 1 aliphatic heterocycles. The highest BCUT2D eigenvalue weighted by Crippen LogP contribution is 2.24. The summed E-state index contributed by atoms with van der Waals surface area (Å²) in [4.78, 5) is 11.1. The maximum absolute atomic E-state index is 10.1. The van der Waals surface area contributed by atoms with Crippen LogP contribution in [0.2, 0.25) is 0 Å². The van der Waals surface area contributed by atoms with E-state index in [0.717, 1.165) is 49.6 Å². The van der Waals surface area contributed by atoms with Gasteiger partial charge in [0.2, 0.25) is 0 Å². The first-order valence-electron chi connectivity index (χ1n) is 6.25. The molecule has 0 aliphatic carbocycles. The van der Waals surface area contributed by atoms with E-state index in [4.69, 9.17) is 0 Å². The van der Waals surface area contributed by atoms with Gasteiger partial charge in [-0.05, 0) is 40.0 Å². The van der Waals surface area contributed by atoms with Gasteiger partial charge in [-0.2, -0.15) is 0 Å². The van der Waals surface area contributed by atoms with Crippen LogP contribution in [0.1, 0.15) is 37.6 Å². The molecule has 0 bridgehead atoms. The summed E-state index contributed by atoms with van der Waals surface area (Å²) in [7, 11) is 0. The van der Waals surface area contributed by atoms with E-state index in [-0.39, 0.29) is 0 Å². The van der Waals surface area contributed by atoms with Crippen LogP contribution in [0, 0.1) is 13.8 Å². The molecule has 0 amide bonds. The minimum atomic E-state index is -0.526. The predicted octanol–water partition coefficient (Wildman–Crippen LogP) is 1.83. The molecule has 1 unspecified atom stereocenters. The molecule has 2 heterocycles. The maximum atomic E-state index is 10.1. The van der Waals surface area contributed by atoms with E-state index < -0.39 is 5.60 Å². The number of anilines is 1. The molecule has 1 saturated heterocycles. The molecule has 4 heteroatoms. The maximum Gasteiger partial charge on any atom is 0.147 e. The van der Waals surface area contributed by atoms with Crippen molar-refractivity contribution >= 4 is 5.82 Å². The van der Waals surface area contributed by atoms with Gasteiger partial charge in [0.15, 0.2) is 0 Å². The predicted molar refractivity (Wildman–Crippen MR) is 68.2 cm³/mol. The van der Waals surface area contributed by atoms with Gasteiger partial charge < -0.3 is 10.0 Å². The van der Waals surface area contributed by atoms with Crippen molar-refractivity contribution in [1.29, 1.82) is 0 Å². The number of hydrogen-bond acceptors (Lipinski definition) is 4. The fourth-order valence-corrected chi connectivity index (χ4v) is 2.17. The Kier molecular flexibility index (Phi) is 3.33. The average Bonchev–Trinajstić information content (AvgIpc) is 2.44. The third-order valence-electron chi connectivity index (χ3n) is 3.57. The molecule has 0 aromatic carbocycles. The SMILES string of the molecule is Cc1ncc(N2CCCC(C)(O)CC2)nc1C. The molecule has 1 aromatic rings. The summed E-state index contributed by atoms with van der Waals surface area (Å²) in [6, 6.07) is 0. The van der Waals surface area contributed by atoms with Gasteiger partial charge in [-0.25, -0.2) is 4.98 Å². The number of aliphatic hydroxyl groups is 1. The zero-order chi connectivity index (χ0) is 12.5. The minimum absolute atomic E-state index is 0.526. The first-order valence-corrected chi connectivity index (χ1v) is 6.25. The number of aryl methyl sites for hydroxylation is 2. The van der Waals surface area contributed by atoms with Gasteiger partial charge in [-0.1, -0.05) is 0 Å². The van der Waals surface area contributed by atoms with Crippen molar-refractivity contribution in [3.05, 3.63) is 17.6 Å². The first kappa shape index (κ1) is 12.3. The molecule has 0 saturated carbocycles. The zero-order valence-corrected chi connectivity index (χ0v) is 10.9. The van der Waals surface area contributed by atoms with Crippen LogP contribution in [-0.2, 0) is 0 Å². The molecular weight excluding hydrogens is 214 g/mol. The molecule has 94 valence electrons. The average molecular weight is 235 g/mol. The summed E-state index contributed by atoms with van der Waals surface area (Å²) in [5, 5.41) is 10.1. The summed E-state index contributed by atoms with van der Waals surface area (Å²) in [5.74, 6) is 0.936. The molecule has 1 fully saturated rings. The monoisotopic (exact) mass is 235 g/mol. The van der Waals surface area contributed by atoms with Crippen LogP contribution in [-0.4, -0.2) is 33.8 Å². The lowest BCUT2D eigenvalue weighted by Crippen LogP contribution is -2.29. The van der Waals surface area contributed by atoms with Gasteiger partial charge in [0.25, 0.3) is 0 Å². The second-order valence-corrected chi connectivity index (χ2v) is 5.24. The summed E-state index contributed by atoms with van der Waals surface area (Å²) in [6.45, 7) is 7.68. The molecule has 17 heavy (non-hydrogen) atoms. The van der Waals surface area contributed by atoms with Crippen molar-refractivity contribution in [3.63, 3.8) is 0 Å². The quantitative estimate of drug-likeness (QED) is 0.807. The van der Waals surface area contributed by atoms with Crippen molar-refractivity contribution in [2.75, 3.05) is 18.0 Å². The van der Waals surface area contributed by atoms with Gasteiger partial charge in [-0.3, -0.25) is 4.98 Å². The summed E-state index contributed by atoms with van der Waals surface area (Å²) >= 11 is 0. The van der Waals surface area contributed by atoms with Crippen LogP contribution in [0.25, 0.3) is 0 Å². The van der Waals surface area contributed by atoms with Crippen LogP contribution in [0.15, 0.2) is 6.20 Å². The van der Waals surface area contributed by atoms with Crippen LogP contribution in [0.3, 0.4) is 0 Å². The lowest BCUT2D eigenvalue weighted by molar-refractivity contribution is 0.0481. The van der Waals surface area contributed by atoms with Crippen molar-refractivity contribution in [2.45, 2.75) is 45.6 Å². The number of aromatic nitrogens is 2. The Hall–Kier alpha value is -1.16. The summed E-state index contributed by atoms with van der Waals surface area (Å²) in [5.41, 5.74) is 1.44. The largest absolute Gasteiger partial charge is 0.390 e. The highest BCUT2D eigenvalue weighted by Gasteiger charge is 2.25. The Labute approximate surface area is 103 Å². The zero-order valence-electron chi connectivity index (χ0n) is 10.9. The second kappa shape index (κ2) is 4.61. The highest BCUT2D eigenvalue weighted by atomic mass is 16.3. The number of hydrogen-bond donors (Lipinski definition) is 1. The van der Waals surface area contributed by atoms with Crippen LogP contribution >= 0.6 is 0 Å². The number of nitrogens with zero attached hydrogens (tertiary/aromatic N) is 3. The Bertz CT molecular complexity index is 404. The van der Waals surface area contributed by atoms with Crippen molar-refractivity contribution in [1.82, 2.24) is 9.97 Å². The van der Waals surface area contributed by atoms with E-state index in [1.807, 2.05) is 27.0 Å². The Morgan fingerprint density at radius 1 is 1.24 bits per heavy atom. The third-order valence-corrected chi connectivity index (χ3v) is 3.57. The van der Waals surface area contributed by atoms with E-state index in [1.165, 1.54) is 0 Å². The Morgan fingerprint density at radius 2 is 2.00 bits per heavy atom. The van der Waals surface area contributed by atoms with E-state index >= 15 is 0 Å². The lowest BCUT2D eigenvalue weighted by atomic mass is 9.98. The molecule has 2 rings (SSSR count). The highest BCUT2D eigenvalue weighted by molar-refractivity contribution is 5.37. The van der Waals surface area contributed by atoms with Gasteiger partial charge >= 0.3 is 0 Å². The fourth-order valence-electron chi connectivity index (χ4n) is 2.17. The van der Waals surface area contributed by atoms with Crippen molar-refractivity contribution in [3.8, 4) is 0 Å². The van der Waals surface area contributed by atoms with Gasteiger partial charge in [0.05, 0.1) is 23.2 Å². The smallest absolute Gasteiger partial charge is 0.147 e. The molecule has 4 nitrogen and oxygen atoms in total. The molecule has 0 radical (unpaired) electrons. The number of rotatable bonds is 1. The Balaban J connectivity index is 2.14. The van der Waals surface area contributed by atoms with E-state index in [1.54, 1.807) is 0 Å². The Morgan fingerprint density at radius 3 is 2.71 bits per heavy atom. The van der Waals surface area contributed by atoms with Crippen molar-refractivity contribution in [2.24, 2.45) is 0 Å². The normalized spacial score (nSPS) is 25.8. The fraction of sp³-hybridized carbons (Fsp3) is 0.692. The van der Waals surface area contributed by atoms with Crippen LogP contribution in [0.5, 0.6) is 0 Å². The van der Waals surface area contributed by atoms with E-state index in [9.17, 15) is 5.11 Å². The molecule has 1 aliphatic rings. The standard InChI is InChI=1S/C13H21N3O/c1-10-11(2)15-12(9-14-10)16-7-4-5-13(3,17)6-8-16/h9,17H,4-8H2,1-3H3. The summed E-state index contributed by atoms with van der Waals surface area (Å²) < 4.78 is 0. The molecular formula is C13H21N3O. The van der Waals surface area contributed by atoms with E-state index in [2.05, 4.69) is 14.9 Å². The topological polar surface area (TPSA) is 49.2 Å². The first-order chi connectivity index (χ1) is 7.98. The lowest BCUT2D eigenvalue weighted by Gasteiger charge is -2.23. The molecule has 1 N–H and O–H groups in total. The van der Waals surface area contributed by atoms with E-state index in [0.29, 0.717) is 0 Å². The van der Waals surface area contributed by atoms with Gasteiger partial charge in [0, 0.05) is 13.1 Å².